The van der Waals surface area contributed by atoms with Crippen LogP contribution in [0.25, 0.3) is 0 Å². The maximum Gasteiger partial charge on any atom is 0.167 e. The molecule has 1 fully saturated rings. The lowest BCUT2D eigenvalue weighted by atomic mass is 9.89. The van der Waals surface area contributed by atoms with E-state index in [1.165, 1.54) is 5.56 Å². The Balaban J connectivity index is 1.69. The van der Waals surface area contributed by atoms with Gasteiger partial charge in [0.25, 0.3) is 0 Å². The summed E-state index contributed by atoms with van der Waals surface area (Å²) in [6.07, 6.45) is 1.91. The highest BCUT2D eigenvalue weighted by atomic mass is 16.5. The number of rotatable bonds is 10. The van der Waals surface area contributed by atoms with E-state index in [0.717, 1.165) is 43.8 Å². The molecule has 31 heavy (non-hydrogen) atoms. The minimum Gasteiger partial charge on any atom is -0.496 e. The second kappa shape index (κ2) is 11.2. The average Bonchev–Trinajstić information content (AvgIpc) is 2.82. The number of hydrogen-bond acceptors (Lipinski definition) is 6. The normalized spacial score (nSPS) is 16.7. The van der Waals surface area contributed by atoms with Crippen LogP contribution in [0, 0.1) is 5.92 Å². The molecule has 1 aliphatic heterocycles. The van der Waals surface area contributed by atoms with Gasteiger partial charge >= 0.3 is 0 Å². The average molecular weight is 428 g/mol. The van der Waals surface area contributed by atoms with Crippen molar-refractivity contribution in [3.05, 3.63) is 53.1 Å². The Labute approximate surface area is 185 Å². The zero-order valence-corrected chi connectivity index (χ0v) is 19.0. The third-order valence-corrected chi connectivity index (χ3v) is 5.76. The number of hydrogen-bond donors (Lipinski definition) is 0. The molecule has 0 amide bonds. The molecule has 6 heteroatoms. The van der Waals surface area contributed by atoms with Crippen LogP contribution in [0.4, 0.5) is 0 Å². The second-order valence-corrected chi connectivity index (χ2v) is 7.79. The van der Waals surface area contributed by atoms with Gasteiger partial charge in [-0.1, -0.05) is 6.07 Å². The Morgan fingerprint density at radius 3 is 2.45 bits per heavy atom. The number of ether oxygens (including phenoxy) is 4. The highest BCUT2D eigenvalue weighted by molar-refractivity contribution is 5.98. The number of carbonyl (C=O) groups excluding carboxylic acids is 1. The monoisotopic (exact) mass is 427 g/mol. The zero-order valence-electron chi connectivity index (χ0n) is 19.0. The zero-order chi connectivity index (χ0) is 22.2. The number of methoxy groups -OCH3 is 3. The number of nitrogens with zero attached hydrogens (tertiary/aromatic N) is 1. The minimum atomic E-state index is -0.0204. The lowest BCUT2D eigenvalue weighted by Crippen LogP contribution is -2.38. The van der Waals surface area contributed by atoms with Crippen molar-refractivity contribution in [1.29, 1.82) is 0 Å². The van der Waals surface area contributed by atoms with Crippen LogP contribution in [-0.4, -0.2) is 51.7 Å². The molecule has 0 spiro atoms. The molecule has 2 aromatic carbocycles. The first-order valence-corrected chi connectivity index (χ1v) is 10.8. The summed E-state index contributed by atoms with van der Waals surface area (Å²) < 4.78 is 21.7. The Bertz CT molecular complexity index is 882. The molecular formula is C25H33NO5. The smallest absolute Gasteiger partial charge is 0.167 e. The minimum absolute atomic E-state index is 0.0204. The van der Waals surface area contributed by atoms with Crippen LogP contribution < -0.4 is 14.2 Å². The van der Waals surface area contributed by atoms with Gasteiger partial charge in [-0.05, 0) is 62.2 Å². The van der Waals surface area contributed by atoms with E-state index in [4.69, 9.17) is 18.9 Å². The topological polar surface area (TPSA) is 57.2 Å². The highest BCUT2D eigenvalue weighted by Gasteiger charge is 2.27. The third-order valence-electron chi connectivity index (χ3n) is 5.76. The fraction of sp³-hybridized carbons (Fsp3) is 0.480. The molecule has 0 bridgehead atoms. The number of carbonyl (C=O) groups is 1. The Morgan fingerprint density at radius 1 is 1.00 bits per heavy atom. The summed E-state index contributed by atoms with van der Waals surface area (Å²) in [6.45, 7) is 5.73. The molecule has 0 N–H and O–H groups in total. The fourth-order valence-corrected chi connectivity index (χ4v) is 4.15. The van der Waals surface area contributed by atoms with E-state index in [2.05, 4.69) is 17.0 Å². The highest BCUT2D eigenvalue weighted by Crippen LogP contribution is 2.30. The number of Topliss-reactive ketones (excluding diaryl/α,β-unsaturated/α-hetero) is 1. The first-order valence-electron chi connectivity index (χ1n) is 10.8. The molecule has 0 radical (unpaired) electrons. The molecule has 2 aromatic rings. The number of likely N-dealkylation sites (tertiary alicyclic amines) is 1. The van der Waals surface area contributed by atoms with Crippen LogP contribution in [0.1, 0.15) is 41.3 Å². The van der Waals surface area contributed by atoms with Gasteiger partial charge in [0.05, 0.1) is 27.9 Å². The molecule has 0 saturated carbocycles. The predicted octanol–water partition coefficient (Wildman–Crippen LogP) is 4.34. The Hall–Kier alpha value is -2.57. The van der Waals surface area contributed by atoms with Crippen LogP contribution in [0.5, 0.6) is 17.2 Å². The van der Waals surface area contributed by atoms with E-state index in [1.807, 2.05) is 19.1 Å². The van der Waals surface area contributed by atoms with Crippen molar-refractivity contribution in [3.63, 3.8) is 0 Å². The van der Waals surface area contributed by atoms with Crippen molar-refractivity contribution in [2.24, 2.45) is 5.92 Å². The molecular weight excluding hydrogens is 394 g/mol. The molecule has 1 saturated heterocycles. The van der Waals surface area contributed by atoms with Crippen LogP contribution >= 0.6 is 0 Å². The summed E-state index contributed by atoms with van der Waals surface area (Å²) in [7, 11) is 4.86. The predicted molar refractivity (Wildman–Crippen MR) is 120 cm³/mol. The van der Waals surface area contributed by atoms with Crippen LogP contribution in [0.15, 0.2) is 36.4 Å². The van der Waals surface area contributed by atoms with Crippen molar-refractivity contribution >= 4 is 5.78 Å². The molecule has 1 heterocycles. The van der Waals surface area contributed by atoms with Crippen molar-refractivity contribution in [1.82, 2.24) is 4.90 Å². The third kappa shape index (κ3) is 5.77. The van der Waals surface area contributed by atoms with E-state index in [9.17, 15) is 4.79 Å². The van der Waals surface area contributed by atoms with Crippen molar-refractivity contribution < 1.29 is 23.7 Å². The van der Waals surface area contributed by atoms with Crippen molar-refractivity contribution in [2.45, 2.75) is 32.9 Å². The van der Waals surface area contributed by atoms with Crippen LogP contribution in [-0.2, 0) is 17.9 Å². The van der Waals surface area contributed by atoms with E-state index in [1.54, 1.807) is 33.5 Å². The molecule has 0 aromatic heterocycles. The van der Waals surface area contributed by atoms with E-state index >= 15 is 0 Å². The van der Waals surface area contributed by atoms with Gasteiger partial charge in [-0.25, -0.2) is 0 Å². The lowest BCUT2D eigenvalue weighted by Gasteiger charge is -2.32. The first-order chi connectivity index (χ1) is 15.1. The fourth-order valence-electron chi connectivity index (χ4n) is 4.15. The summed E-state index contributed by atoms with van der Waals surface area (Å²) in [5.41, 5.74) is 2.93. The maximum absolute atomic E-state index is 13.2. The summed E-state index contributed by atoms with van der Waals surface area (Å²) in [5.74, 6) is 2.20. The second-order valence-electron chi connectivity index (χ2n) is 7.79. The first kappa shape index (κ1) is 23.1. The van der Waals surface area contributed by atoms with Crippen LogP contribution in [0.3, 0.4) is 0 Å². The summed E-state index contributed by atoms with van der Waals surface area (Å²) in [4.78, 5) is 15.5. The molecule has 0 aliphatic carbocycles. The van der Waals surface area contributed by atoms with Gasteiger partial charge in [-0.2, -0.15) is 0 Å². The van der Waals surface area contributed by atoms with Gasteiger partial charge in [0.2, 0.25) is 0 Å². The van der Waals surface area contributed by atoms with Crippen LogP contribution in [0.2, 0.25) is 0 Å². The largest absolute Gasteiger partial charge is 0.496 e. The maximum atomic E-state index is 13.2. The van der Waals surface area contributed by atoms with Gasteiger partial charge < -0.3 is 18.9 Å². The van der Waals surface area contributed by atoms with Gasteiger partial charge in [0.15, 0.2) is 17.3 Å². The van der Waals surface area contributed by atoms with E-state index in [0.29, 0.717) is 30.3 Å². The Kier molecular flexibility index (Phi) is 8.32. The SMILES string of the molecule is CCOCc1cc(CN2CCC[C@@H](C(=O)c3ccc(OC)c(OC)c3)C2)ccc1OC. The number of ketones is 1. The molecule has 1 atom stereocenters. The molecule has 0 unspecified atom stereocenters. The number of piperidine rings is 1. The molecule has 168 valence electrons. The van der Waals surface area contributed by atoms with Gasteiger partial charge in [-0.15, -0.1) is 0 Å². The molecule has 1 aliphatic rings. The van der Waals surface area contributed by atoms with Gasteiger partial charge in [0.1, 0.15) is 5.75 Å². The molecule has 6 nitrogen and oxygen atoms in total. The van der Waals surface area contributed by atoms with Crippen molar-refractivity contribution in [3.8, 4) is 17.2 Å². The lowest BCUT2D eigenvalue weighted by molar-refractivity contribution is 0.0811. The molecule has 3 rings (SSSR count). The summed E-state index contributed by atoms with van der Waals surface area (Å²) >= 11 is 0. The standard InChI is InChI=1S/C25H33NO5/c1-5-31-17-21-13-18(8-10-22(21)28-2)15-26-12-6-7-20(16-26)25(27)19-9-11-23(29-3)24(14-19)30-4/h8-11,13-14,20H,5-7,12,15-17H2,1-4H3/t20-/m1/s1. The Morgan fingerprint density at radius 2 is 1.74 bits per heavy atom. The number of benzene rings is 2. The summed E-state index contributed by atoms with van der Waals surface area (Å²) in [6, 6.07) is 11.6. The summed E-state index contributed by atoms with van der Waals surface area (Å²) in [5, 5.41) is 0. The van der Waals surface area contributed by atoms with Gasteiger partial charge in [-0.3, -0.25) is 9.69 Å². The van der Waals surface area contributed by atoms with Gasteiger partial charge in [0, 0.05) is 36.7 Å². The van der Waals surface area contributed by atoms with E-state index < -0.39 is 0 Å². The van der Waals surface area contributed by atoms with E-state index in [-0.39, 0.29) is 11.7 Å². The van der Waals surface area contributed by atoms with Crippen molar-refractivity contribution in [2.75, 3.05) is 41.0 Å². The quantitative estimate of drug-likeness (QED) is 0.526.